The lowest BCUT2D eigenvalue weighted by Gasteiger charge is -2.17. The number of nitrogens with zero attached hydrogens (tertiary/aromatic N) is 1. The van der Waals surface area contributed by atoms with Crippen LogP contribution in [0.1, 0.15) is 5.56 Å². The molecule has 0 atom stereocenters. The predicted octanol–water partition coefficient (Wildman–Crippen LogP) is 1.35. The lowest BCUT2D eigenvalue weighted by atomic mass is 10.2. The summed E-state index contributed by atoms with van der Waals surface area (Å²) in [5.74, 6) is 0.131. The van der Waals surface area contributed by atoms with Gasteiger partial charge in [0, 0.05) is 18.8 Å². The summed E-state index contributed by atoms with van der Waals surface area (Å²) in [5, 5.41) is 3.03. The van der Waals surface area contributed by atoms with Crippen molar-refractivity contribution in [2.75, 3.05) is 24.5 Å². The van der Waals surface area contributed by atoms with Crippen LogP contribution in [0.25, 0.3) is 0 Å². The Morgan fingerprint density at radius 3 is 3.12 bits per heavy atom. The summed E-state index contributed by atoms with van der Waals surface area (Å²) in [6.07, 6.45) is 2.72. The first kappa shape index (κ1) is 10.9. The quantitative estimate of drug-likeness (QED) is 0.608. The van der Waals surface area contributed by atoms with Gasteiger partial charge in [-0.25, -0.2) is 0 Å². The molecular weight excluding hydrogens is 200 g/mol. The van der Waals surface area contributed by atoms with Gasteiger partial charge in [-0.3, -0.25) is 4.79 Å². The van der Waals surface area contributed by atoms with E-state index in [1.807, 2.05) is 23.1 Å². The van der Waals surface area contributed by atoms with Gasteiger partial charge in [-0.05, 0) is 18.1 Å². The Balaban J connectivity index is 2.01. The van der Waals surface area contributed by atoms with Gasteiger partial charge >= 0.3 is 0 Å². The van der Waals surface area contributed by atoms with Crippen molar-refractivity contribution < 1.29 is 4.79 Å². The number of nitrogens with one attached hydrogen (secondary N) is 1. The average Bonchev–Trinajstić information content (AvgIpc) is 2.73. The zero-order chi connectivity index (χ0) is 11.4. The molecular formula is C13H16N2O. The number of carbonyl (C=O) groups is 1. The molecule has 16 heavy (non-hydrogen) atoms. The zero-order valence-corrected chi connectivity index (χ0v) is 9.28. The Morgan fingerprint density at radius 2 is 2.31 bits per heavy atom. The second-order valence-electron chi connectivity index (χ2n) is 3.84. The summed E-state index contributed by atoms with van der Waals surface area (Å²) in [7, 11) is 0. The third-order valence-corrected chi connectivity index (χ3v) is 2.75. The van der Waals surface area contributed by atoms with E-state index in [4.69, 9.17) is 0 Å². The van der Waals surface area contributed by atoms with E-state index in [2.05, 4.69) is 18.0 Å². The minimum Gasteiger partial charge on any atom is -0.311 e. The molecule has 0 saturated heterocycles. The van der Waals surface area contributed by atoms with E-state index in [0.29, 0.717) is 13.1 Å². The molecule has 3 heteroatoms. The molecule has 0 bridgehead atoms. The first-order valence-corrected chi connectivity index (χ1v) is 5.53. The number of anilines is 1. The third-order valence-electron chi connectivity index (χ3n) is 2.75. The van der Waals surface area contributed by atoms with Gasteiger partial charge < -0.3 is 10.2 Å². The summed E-state index contributed by atoms with van der Waals surface area (Å²) >= 11 is 0. The number of benzene rings is 1. The number of amides is 1. The Labute approximate surface area is 95.8 Å². The van der Waals surface area contributed by atoms with Gasteiger partial charge in [0.15, 0.2) is 0 Å². The summed E-state index contributed by atoms with van der Waals surface area (Å²) in [5.41, 5.74) is 2.33. The van der Waals surface area contributed by atoms with Gasteiger partial charge in [0.1, 0.15) is 0 Å². The van der Waals surface area contributed by atoms with Crippen LogP contribution in [0, 0.1) is 0 Å². The smallest absolute Gasteiger partial charge is 0.240 e. The van der Waals surface area contributed by atoms with Crippen molar-refractivity contribution in [2.45, 2.75) is 6.42 Å². The lowest BCUT2D eigenvalue weighted by Crippen LogP contribution is -2.37. The number of carbonyl (C=O) groups excluding carboxylic acids is 1. The molecule has 1 N–H and O–H groups in total. The zero-order valence-electron chi connectivity index (χ0n) is 9.28. The fourth-order valence-electron chi connectivity index (χ4n) is 1.97. The molecule has 2 rings (SSSR count). The SMILES string of the molecule is C=CCNCC(=O)N1CCc2ccccc21. The van der Waals surface area contributed by atoms with Crippen molar-refractivity contribution >= 4 is 11.6 Å². The number of fused-ring (bicyclic) bond motifs is 1. The van der Waals surface area contributed by atoms with E-state index >= 15 is 0 Å². The number of hydrogen-bond acceptors (Lipinski definition) is 2. The first-order valence-electron chi connectivity index (χ1n) is 5.53. The average molecular weight is 216 g/mol. The Morgan fingerprint density at radius 1 is 1.50 bits per heavy atom. The van der Waals surface area contributed by atoms with Crippen molar-refractivity contribution in [3.05, 3.63) is 42.5 Å². The van der Waals surface area contributed by atoms with E-state index in [1.54, 1.807) is 6.08 Å². The topological polar surface area (TPSA) is 32.3 Å². The monoisotopic (exact) mass is 216 g/mol. The molecule has 1 heterocycles. The second kappa shape index (κ2) is 4.94. The van der Waals surface area contributed by atoms with Crippen LogP contribution in [0.3, 0.4) is 0 Å². The third kappa shape index (κ3) is 2.14. The molecule has 0 unspecified atom stereocenters. The van der Waals surface area contributed by atoms with Crippen LogP contribution in [-0.2, 0) is 11.2 Å². The molecule has 0 saturated carbocycles. The molecule has 0 aliphatic carbocycles. The predicted molar refractivity (Wildman–Crippen MR) is 65.6 cm³/mol. The van der Waals surface area contributed by atoms with Crippen LogP contribution in [0.2, 0.25) is 0 Å². The van der Waals surface area contributed by atoms with E-state index in [-0.39, 0.29) is 5.91 Å². The molecule has 0 fully saturated rings. The van der Waals surface area contributed by atoms with Crippen LogP contribution in [0.15, 0.2) is 36.9 Å². The molecule has 0 spiro atoms. The molecule has 1 aromatic rings. The normalized spacial score (nSPS) is 13.6. The molecule has 0 radical (unpaired) electrons. The van der Waals surface area contributed by atoms with Gasteiger partial charge in [-0.1, -0.05) is 24.3 Å². The number of para-hydroxylation sites is 1. The van der Waals surface area contributed by atoms with Crippen LogP contribution in [-0.4, -0.2) is 25.5 Å². The highest BCUT2D eigenvalue weighted by Crippen LogP contribution is 2.27. The molecule has 1 aromatic carbocycles. The van der Waals surface area contributed by atoms with Gasteiger partial charge in [0.25, 0.3) is 0 Å². The van der Waals surface area contributed by atoms with Gasteiger partial charge in [0.2, 0.25) is 5.91 Å². The Bertz CT molecular complexity index is 401. The summed E-state index contributed by atoms with van der Waals surface area (Å²) in [4.78, 5) is 13.8. The molecule has 1 aliphatic heterocycles. The lowest BCUT2D eigenvalue weighted by molar-refractivity contribution is -0.117. The van der Waals surface area contributed by atoms with Crippen molar-refractivity contribution in [1.29, 1.82) is 0 Å². The fourth-order valence-corrected chi connectivity index (χ4v) is 1.97. The first-order chi connectivity index (χ1) is 7.83. The number of rotatable bonds is 4. The van der Waals surface area contributed by atoms with E-state index in [0.717, 1.165) is 18.7 Å². The minimum atomic E-state index is 0.131. The molecule has 0 aromatic heterocycles. The van der Waals surface area contributed by atoms with Crippen molar-refractivity contribution in [3.63, 3.8) is 0 Å². The number of hydrogen-bond donors (Lipinski definition) is 1. The summed E-state index contributed by atoms with van der Waals surface area (Å²) in [6.45, 7) is 5.45. The molecule has 1 aliphatic rings. The van der Waals surface area contributed by atoms with Crippen LogP contribution in [0.5, 0.6) is 0 Å². The second-order valence-corrected chi connectivity index (χ2v) is 3.84. The van der Waals surface area contributed by atoms with Gasteiger partial charge in [-0.15, -0.1) is 6.58 Å². The molecule has 84 valence electrons. The van der Waals surface area contributed by atoms with E-state index in [1.165, 1.54) is 5.56 Å². The van der Waals surface area contributed by atoms with Crippen LogP contribution >= 0.6 is 0 Å². The largest absolute Gasteiger partial charge is 0.311 e. The summed E-state index contributed by atoms with van der Waals surface area (Å²) in [6, 6.07) is 8.08. The maximum Gasteiger partial charge on any atom is 0.240 e. The van der Waals surface area contributed by atoms with Crippen molar-refractivity contribution in [2.24, 2.45) is 0 Å². The van der Waals surface area contributed by atoms with Crippen molar-refractivity contribution in [1.82, 2.24) is 5.32 Å². The van der Waals surface area contributed by atoms with Gasteiger partial charge in [0.05, 0.1) is 6.54 Å². The Kier molecular flexibility index (Phi) is 3.37. The highest BCUT2D eigenvalue weighted by molar-refractivity contribution is 5.96. The van der Waals surface area contributed by atoms with E-state index in [9.17, 15) is 4.79 Å². The summed E-state index contributed by atoms with van der Waals surface area (Å²) < 4.78 is 0. The Hall–Kier alpha value is -1.61. The minimum absolute atomic E-state index is 0.131. The fraction of sp³-hybridized carbons (Fsp3) is 0.308. The van der Waals surface area contributed by atoms with Crippen molar-refractivity contribution in [3.8, 4) is 0 Å². The molecule has 1 amide bonds. The highest BCUT2D eigenvalue weighted by atomic mass is 16.2. The van der Waals surface area contributed by atoms with Gasteiger partial charge in [-0.2, -0.15) is 0 Å². The maximum absolute atomic E-state index is 11.9. The van der Waals surface area contributed by atoms with E-state index < -0.39 is 0 Å². The highest BCUT2D eigenvalue weighted by Gasteiger charge is 2.23. The maximum atomic E-state index is 11.9. The molecule has 3 nitrogen and oxygen atoms in total. The standard InChI is InChI=1S/C13H16N2O/c1-2-8-14-10-13(16)15-9-7-11-5-3-4-6-12(11)15/h2-6,14H,1,7-10H2. The van der Waals surface area contributed by atoms with Crippen LogP contribution < -0.4 is 10.2 Å². The van der Waals surface area contributed by atoms with Crippen LogP contribution in [0.4, 0.5) is 5.69 Å².